The predicted octanol–water partition coefficient (Wildman–Crippen LogP) is 15.4. The molecule has 54 heteroatoms. The van der Waals surface area contributed by atoms with Gasteiger partial charge in [0, 0.05) is 118 Å². The summed E-state index contributed by atoms with van der Waals surface area (Å²) < 4.78 is 396. The van der Waals surface area contributed by atoms with Crippen LogP contribution in [0.5, 0.6) is 11.5 Å². The summed E-state index contributed by atoms with van der Waals surface area (Å²) in [6.45, 7) is -2.99. The Hall–Kier alpha value is -14.1. The number of benzene rings is 8. The average Bonchev–Trinajstić information content (AvgIpc) is 1.65. The van der Waals surface area contributed by atoms with Gasteiger partial charge in [-0.15, -0.1) is 19.0 Å². The zero-order valence-corrected chi connectivity index (χ0v) is 78.1. The van der Waals surface area contributed by atoms with Crippen molar-refractivity contribution in [3.63, 3.8) is 0 Å². The average molecular weight is 2150 g/mol. The van der Waals surface area contributed by atoms with Crippen LogP contribution in [0.25, 0.3) is 44.9 Å². The van der Waals surface area contributed by atoms with Crippen LogP contribution < -0.4 is 25.4 Å². The number of carbonyl (C=O) groups is 4. The monoisotopic (exact) mass is 2150 g/mol. The molecule has 8 aromatic carbocycles. The lowest BCUT2D eigenvalue weighted by Crippen LogP contribution is -2.45. The SMILES string of the molecule is O=C(CCc1cc(-c2ccc3c(c2)OC(F)(F)O3)ncn1)[C@@H]1C[C@@H](F)CN1S(=O)(=O)c1ccc(F)cc1.O=C(NCc1cc(F)cc(-c2ccc(C(F)(F)F)nn2)c1)[C@@H]1C[C@@H](F)CN1S(=O)(=O)c1ccc(F)cc1.O=C(NCc1cc(F)cc(-c2cnc(C(F)(F)F)nc2)c1)[C@@H]1C[C@@H](F)CN1S(=O)(=O)c1ccc(F)cc1.O=C(NCc1cc(F)cc(-c2cnc(C(F)F)cn2)c1)[C@@H]1C[C@@H](F)CN1S(=O)(=O)c1ccc(F)cc1. The third-order valence-corrected chi connectivity index (χ3v) is 30.3. The molecule has 29 nitrogen and oxygen atoms in total. The van der Waals surface area contributed by atoms with Crippen molar-refractivity contribution in [2.75, 3.05) is 26.2 Å². The largest absolute Gasteiger partial charge is 0.586 e. The summed E-state index contributed by atoms with van der Waals surface area (Å²) in [5.74, 6) is -9.43. The highest BCUT2D eigenvalue weighted by Gasteiger charge is 2.50. The maximum absolute atomic E-state index is 14.2. The Bertz CT molecular complexity index is 7120. The van der Waals surface area contributed by atoms with E-state index >= 15 is 0 Å². The maximum Gasteiger partial charge on any atom is 0.586 e. The number of sulfonamides is 4. The minimum absolute atomic E-state index is 0.0484. The fraction of sp³-hybridized carbons (Fsp3) is 0.269. The first-order chi connectivity index (χ1) is 69.2. The van der Waals surface area contributed by atoms with Crippen molar-refractivity contribution in [3.8, 4) is 56.4 Å². The number of aryl methyl sites for hydroxylation is 1. The van der Waals surface area contributed by atoms with Gasteiger partial charge in [0.05, 0.1) is 55.1 Å². The molecule has 0 saturated carbocycles. The topological polar surface area (TPSA) is 375 Å². The van der Waals surface area contributed by atoms with Gasteiger partial charge in [-0.3, -0.25) is 29.1 Å². The lowest BCUT2D eigenvalue weighted by atomic mass is 10.0. The van der Waals surface area contributed by atoms with Gasteiger partial charge in [0.1, 0.15) is 95.6 Å². The molecule has 0 bridgehead atoms. The number of carbonyl (C=O) groups excluding carboxylic acids is 4. The van der Waals surface area contributed by atoms with E-state index in [0.717, 1.165) is 173 Å². The van der Waals surface area contributed by atoms with E-state index < -0.39 is 234 Å². The van der Waals surface area contributed by atoms with E-state index in [2.05, 4.69) is 65.5 Å². The third-order valence-electron chi connectivity index (χ3n) is 22.8. The van der Waals surface area contributed by atoms with E-state index in [4.69, 9.17) is 0 Å². The number of hydrogen-bond acceptors (Lipinski definition) is 22. The molecule has 3 amide bonds. The van der Waals surface area contributed by atoms with E-state index in [1.807, 2.05) is 0 Å². The van der Waals surface area contributed by atoms with Gasteiger partial charge in [0.2, 0.25) is 63.6 Å². The third kappa shape index (κ3) is 26.7. The van der Waals surface area contributed by atoms with Crippen LogP contribution in [0.4, 0.5) is 92.2 Å². The Morgan fingerprint density at radius 2 is 0.762 bits per heavy atom. The highest BCUT2D eigenvalue weighted by atomic mass is 32.2. The minimum atomic E-state index is -4.74. The predicted molar refractivity (Wildman–Crippen MR) is 474 cm³/mol. The Morgan fingerprint density at radius 3 is 1.14 bits per heavy atom. The molecule has 0 spiro atoms. The van der Waals surface area contributed by atoms with Crippen molar-refractivity contribution >= 4 is 63.6 Å². The van der Waals surface area contributed by atoms with Crippen LogP contribution in [-0.4, -0.2) is 196 Å². The molecule has 4 saturated heterocycles. The van der Waals surface area contributed by atoms with Gasteiger partial charge in [-0.05, 0) is 217 Å². The van der Waals surface area contributed by atoms with E-state index in [-0.39, 0.29) is 127 Å². The molecule has 5 aliphatic heterocycles. The fourth-order valence-electron chi connectivity index (χ4n) is 15.8. The van der Waals surface area contributed by atoms with Crippen molar-refractivity contribution < 1.29 is 155 Å². The van der Waals surface area contributed by atoms with Gasteiger partial charge in [-0.25, -0.2) is 111 Å². The highest BCUT2D eigenvalue weighted by molar-refractivity contribution is 7.90. The van der Waals surface area contributed by atoms with Gasteiger partial charge in [-0.1, -0.05) is 0 Å². The van der Waals surface area contributed by atoms with Gasteiger partial charge < -0.3 is 25.4 Å². The number of hydrogen-bond donors (Lipinski definition) is 3. The number of aromatic nitrogens is 8. The Kier molecular flexibility index (Phi) is 33.0. The molecular weight excluding hydrogens is 2080 g/mol. The number of ketones is 1. The van der Waals surface area contributed by atoms with Crippen molar-refractivity contribution in [2.24, 2.45) is 0 Å². The van der Waals surface area contributed by atoms with Crippen LogP contribution in [-0.2, 0) is 97.7 Å². The summed E-state index contributed by atoms with van der Waals surface area (Å²) in [5.41, 5.74) is 0.778. The van der Waals surface area contributed by atoms with E-state index in [1.165, 1.54) is 42.7 Å². The fourth-order valence-corrected chi connectivity index (χ4v) is 22.3. The maximum atomic E-state index is 14.2. The summed E-state index contributed by atoms with van der Waals surface area (Å²) >= 11 is 0. The van der Waals surface area contributed by atoms with Gasteiger partial charge >= 0.3 is 18.6 Å². The summed E-state index contributed by atoms with van der Waals surface area (Å²) in [7, 11) is -17.1. The van der Waals surface area contributed by atoms with Crippen molar-refractivity contribution in [1.29, 1.82) is 0 Å². The van der Waals surface area contributed by atoms with Gasteiger partial charge in [0.15, 0.2) is 23.0 Å². The van der Waals surface area contributed by atoms with E-state index in [0.29, 0.717) is 31.6 Å². The first kappa shape index (κ1) is 109. The number of fused-ring (bicyclic) bond motifs is 1. The standard InChI is InChI=1S/C24H19F4N3O5S.2C23H18F6N4O3S.C23H19F5N4O3S/c25-15-2-5-18(6-3-15)37(33,34)31-12-16(26)10-20(31)21(32)7-4-17-11-19(30-13-29-17)14-1-8-22-23(9-14)36-24(27,28)35-22;24-16-1-3-19(4-2-16)37(35,36)33-12-18(26)8-20(33)21(34)30-9-13-5-14(7-17(25)6-13)15-10-31-22(32-11-15)23(27,28)29;24-15-1-3-18(4-2-15)37(35,36)33-12-17(26)10-20(33)22(34)30-11-13-7-14(9-16(25)8-13)19-5-6-21(32-31-19)23(27,28)29;24-15-1-3-18(4-2-15)36(34,35)32-12-17(26)8-21(32)23(33)31-9-13-5-14(7-16(25)6-13)19-10-30-20(11-29-19)22(27)28/h1-3,5-6,8-9,11,13,16,20H,4,7,10,12H2;1-7,10-11,18,20H,8-9,12H2,(H,30,34);1-9,17,20H,10-12H2,(H,30,34);1-7,10-11,17,21-22H,8-9,12H2,(H,31,33)/t16-,20+;18-,20+;17-,20+;17-,21+/m1111/s1. The Labute approximate surface area is 820 Å². The first-order valence-electron chi connectivity index (χ1n) is 43.3. The molecule has 9 heterocycles. The second-order valence-corrected chi connectivity index (χ2v) is 40.7. The molecule has 12 aromatic rings. The van der Waals surface area contributed by atoms with Crippen LogP contribution in [0.3, 0.4) is 0 Å². The molecule has 8 atom stereocenters. The molecule has 17 rings (SSSR count). The highest BCUT2D eigenvalue weighted by Crippen LogP contribution is 2.44. The second-order valence-electron chi connectivity index (χ2n) is 33.1. The number of nitrogens with zero attached hydrogens (tertiary/aromatic N) is 12. The normalized spacial score (nSPS) is 19.1. The number of amides is 3. The lowest BCUT2D eigenvalue weighted by molar-refractivity contribution is -0.286. The lowest BCUT2D eigenvalue weighted by Gasteiger charge is -2.23. The molecule has 3 N–H and O–H groups in total. The van der Waals surface area contributed by atoms with Crippen LogP contribution in [0.15, 0.2) is 239 Å². The van der Waals surface area contributed by atoms with Crippen LogP contribution in [0, 0.1) is 40.7 Å². The molecule has 0 aliphatic carbocycles. The molecule has 0 unspecified atom stereocenters. The molecular formula is C93H74F21N15O14S4. The zero-order chi connectivity index (χ0) is 106. The van der Waals surface area contributed by atoms with Crippen molar-refractivity contribution in [3.05, 3.63) is 299 Å². The van der Waals surface area contributed by atoms with E-state index in [1.54, 1.807) is 6.07 Å². The Balaban J connectivity index is 0.000000155. The Morgan fingerprint density at radius 1 is 0.374 bits per heavy atom. The number of nitrogens with one attached hydrogen (secondary N) is 3. The van der Waals surface area contributed by atoms with Crippen LogP contribution in [0.1, 0.15) is 78.1 Å². The number of ether oxygens (including phenoxy) is 2. The molecule has 4 aromatic heterocycles. The number of rotatable bonds is 26. The van der Waals surface area contributed by atoms with E-state index in [9.17, 15) is 145 Å². The first-order valence-corrected chi connectivity index (χ1v) is 49.0. The summed E-state index contributed by atoms with van der Waals surface area (Å²) in [5, 5.41) is 13.9. The number of alkyl halides is 14. The molecule has 5 aliphatic rings. The smallest absolute Gasteiger partial charge is 0.395 e. The second kappa shape index (κ2) is 44.7. The molecule has 776 valence electrons. The summed E-state index contributed by atoms with van der Waals surface area (Å²) in [6, 6.07) is 28.4. The number of Topliss-reactive ketones (excluding diaryl/α,β-unsaturated/α-hetero) is 1. The van der Waals surface area contributed by atoms with Crippen LogP contribution >= 0.6 is 0 Å². The van der Waals surface area contributed by atoms with Gasteiger partial charge in [-0.2, -0.15) is 43.6 Å². The molecule has 147 heavy (non-hydrogen) atoms. The number of halogens is 21. The quantitative estimate of drug-likeness (QED) is 0.0424. The zero-order valence-electron chi connectivity index (χ0n) is 74.8. The van der Waals surface area contributed by atoms with Crippen molar-refractivity contribution in [1.82, 2.24) is 73.3 Å². The minimum Gasteiger partial charge on any atom is -0.395 e. The van der Waals surface area contributed by atoms with Crippen molar-refractivity contribution in [2.45, 2.75) is 152 Å². The van der Waals surface area contributed by atoms with Crippen LogP contribution in [0.2, 0.25) is 0 Å². The van der Waals surface area contributed by atoms with Gasteiger partial charge in [0.25, 0.3) is 6.43 Å². The summed E-state index contributed by atoms with van der Waals surface area (Å²) in [4.78, 5) is 72.4. The molecule has 4 fully saturated rings. The molecule has 0 radical (unpaired) electrons. The summed E-state index contributed by atoms with van der Waals surface area (Å²) in [6.07, 6.45) is -18.9.